The molecule has 144 valence electrons. The minimum Gasteiger partial charge on any atom is -0.481 e. The molecule has 0 amide bonds. The summed E-state index contributed by atoms with van der Waals surface area (Å²) in [5.74, 6) is -0.584. The van der Waals surface area contributed by atoms with E-state index in [-0.39, 0.29) is 24.0 Å². The number of carbonyl (C=O) groups excluding carboxylic acids is 1. The number of Topliss-reactive ketones (excluding diaryl/α,β-unsaturated/α-hetero) is 1. The lowest BCUT2D eigenvalue weighted by atomic mass is 9.86. The van der Waals surface area contributed by atoms with Crippen LogP contribution in [0.15, 0.2) is 12.2 Å². The fourth-order valence-electron chi connectivity index (χ4n) is 3.67. The molecule has 0 spiro atoms. The molecule has 0 aromatic carbocycles. The van der Waals surface area contributed by atoms with Gasteiger partial charge in [0, 0.05) is 19.3 Å². The first-order chi connectivity index (χ1) is 12.0. The minimum absolute atomic E-state index is 0.0193. The van der Waals surface area contributed by atoms with Crippen molar-refractivity contribution >= 4 is 11.8 Å². The van der Waals surface area contributed by atoms with E-state index in [1.54, 1.807) is 0 Å². The summed E-state index contributed by atoms with van der Waals surface area (Å²) in [6.07, 6.45) is 10.2. The molecule has 0 aliphatic heterocycles. The summed E-state index contributed by atoms with van der Waals surface area (Å²) in [4.78, 5) is 22.4. The van der Waals surface area contributed by atoms with E-state index in [0.717, 1.165) is 19.3 Å². The third-order valence-corrected chi connectivity index (χ3v) is 5.17. The van der Waals surface area contributed by atoms with Crippen LogP contribution in [0.5, 0.6) is 0 Å². The van der Waals surface area contributed by atoms with E-state index >= 15 is 0 Å². The van der Waals surface area contributed by atoms with Crippen molar-refractivity contribution in [2.75, 3.05) is 0 Å². The van der Waals surface area contributed by atoms with Crippen molar-refractivity contribution in [1.29, 1.82) is 0 Å². The first-order valence-corrected chi connectivity index (χ1v) is 9.70. The lowest BCUT2D eigenvalue weighted by Crippen LogP contribution is -2.22. The largest absolute Gasteiger partial charge is 0.481 e. The second kappa shape index (κ2) is 12.2. The number of carbonyl (C=O) groups is 2. The van der Waals surface area contributed by atoms with E-state index < -0.39 is 18.2 Å². The number of allylic oxidation sites excluding steroid dienone is 2. The van der Waals surface area contributed by atoms with Gasteiger partial charge in [-0.1, -0.05) is 31.9 Å². The normalized spacial score (nSPS) is 26.4. The van der Waals surface area contributed by atoms with Crippen LogP contribution in [0.25, 0.3) is 0 Å². The lowest BCUT2D eigenvalue weighted by Gasteiger charge is -2.22. The van der Waals surface area contributed by atoms with Crippen LogP contribution in [-0.4, -0.2) is 39.3 Å². The molecule has 0 unspecified atom stereocenters. The van der Waals surface area contributed by atoms with Gasteiger partial charge in [-0.2, -0.15) is 0 Å². The van der Waals surface area contributed by atoms with Crippen LogP contribution in [0.4, 0.5) is 0 Å². The predicted molar refractivity (Wildman–Crippen MR) is 97.2 cm³/mol. The molecule has 1 rings (SSSR count). The average Bonchev–Trinajstić information content (AvgIpc) is 2.82. The van der Waals surface area contributed by atoms with Crippen LogP contribution in [0.2, 0.25) is 0 Å². The van der Waals surface area contributed by atoms with Crippen LogP contribution in [0.1, 0.15) is 77.6 Å². The van der Waals surface area contributed by atoms with Gasteiger partial charge in [0.15, 0.2) is 0 Å². The van der Waals surface area contributed by atoms with Crippen LogP contribution in [0.3, 0.4) is 0 Å². The molecule has 0 aromatic rings. The second-order valence-corrected chi connectivity index (χ2v) is 7.23. The maximum Gasteiger partial charge on any atom is 0.303 e. The van der Waals surface area contributed by atoms with Gasteiger partial charge in [0.2, 0.25) is 0 Å². The molecular formula is C20H34O5. The van der Waals surface area contributed by atoms with Crippen LogP contribution < -0.4 is 0 Å². The zero-order chi connectivity index (χ0) is 18.7. The van der Waals surface area contributed by atoms with Crippen molar-refractivity contribution in [2.45, 2.75) is 89.8 Å². The number of aliphatic hydroxyl groups is 2. The Morgan fingerprint density at radius 1 is 0.960 bits per heavy atom. The molecule has 0 saturated heterocycles. The van der Waals surface area contributed by atoms with E-state index in [1.165, 1.54) is 0 Å². The van der Waals surface area contributed by atoms with E-state index in [4.69, 9.17) is 5.11 Å². The second-order valence-electron chi connectivity index (χ2n) is 7.23. The molecular weight excluding hydrogens is 320 g/mol. The highest BCUT2D eigenvalue weighted by Gasteiger charge is 2.40. The van der Waals surface area contributed by atoms with Gasteiger partial charge in [-0.15, -0.1) is 0 Å². The van der Waals surface area contributed by atoms with E-state index in [0.29, 0.717) is 44.9 Å². The SMILES string of the molecule is CCCCCC(=O)CC[C@@H]1[C@@H](C/C=C\CCCC(=O)O)[C@H](O)C[C@@H]1O. The number of unbranched alkanes of at least 4 members (excludes halogenated alkanes) is 3. The average molecular weight is 354 g/mol. The van der Waals surface area contributed by atoms with Crippen LogP contribution in [-0.2, 0) is 9.59 Å². The van der Waals surface area contributed by atoms with Gasteiger partial charge in [0.05, 0.1) is 12.2 Å². The van der Waals surface area contributed by atoms with Crippen molar-refractivity contribution in [3.63, 3.8) is 0 Å². The Labute approximate surface area is 151 Å². The molecule has 0 radical (unpaired) electrons. The number of carboxylic acids is 1. The Hall–Kier alpha value is -1.20. The molecule has 25 heavy (non-hydrogen) atoms. The van der Waals surface area contributed by atoms with Gasteiger partial charge in [-0.25, -0.2) is 0 Å². The van der Waals surface area contributed by atoms with Crippen molar-refractivity contribution in [3.05, 3.63) is 12.2 Å². The fourth-order valence-corrected chi connectivity index (χ4v) is 3.67. The number of aliphatic carboxylic acids is 1. The summed E-state index contributed by atoms with van der Waals surface area (Å²) in [6.45, 7) is 2.11. The lowest BCUT2D eigenvalue weighted by molar-refractivity contribution is -0.137. The smallest absolute Gasteiger partial charge is 0.303 e. The minimum atomic E-state index is -0.786. The number of aliphatic hydroxyl groups excluding tert-OH is 2. The quantitative estimate of drug-likeness (QED) is 0.348. The molecule has 4 atom stereocenters. The zero-order valence-electron chi connectivity index (χ0n) is 15.4. The first kappa shape index (κ1) is 21.8. The summed E-state index contributed by atoms with van der Waals surface area (Å²) in [5.41, 5.74) is 0. The Morgan fingerprint density at radius 2 is 1.68 bits per heavy atom. The third kappa shape index (κ3) is 8.63. The van der Waals surface area contributed by atoms with Crippen LogP contribution in [0, 0.1) is 11.8 Å². The summed E-state index contributed by atoms with van der Waals surface area (Å²) < 4.78 is 0. The van der Waals surface area contributed by atoms with Crippen molar-refractivity contribution in [2.24, 2.45) is 11.8 Å². The molecule has 1 fully saturated rings. The van der Waals surface area contributed by atoms with Crippen molar-refractivity contribution < 1.29 is 24.9 Å². The summed E-state index contributed by atoms with van der Waals surface area (Å²) in [7, 11) is 0. The highest BCUT2D eigenvalue weighted by atomic mass is 16.4. The molecule has 0 heterocycles. The van der Waals surface area contributed by atoms with Gasteiger partial charge in [0.25, 0.3) is 0 Å². The number of carboxylic acid groups (broad SMARTS) is 1. The maximum atomic E-state index is 12.0. The Kier molecular flexibility index (Phi) is 10.7. The van der Waals surface area contributed by atoms with Crippen molar-refractivity contribution in [3.8, 4) is 0 Å². The molecule has 5 heteroatoms. The zero-order valence-corrected chi connectivity index (χ0v) is 15.4. The van der Waals surface area contributed by atoms with Gasteiger partial charge in [-0.3, -0.25) is 9.59 Å². The highest BCUT2D eigenvalue weighted by molar-refractivity contribution is 5.78. The maximum absolute atomic E-state index is 12.0. The van der Waals surface area contributed by atoms with E-state index in [9.17, 15) is 19.8 Å². The molecule has 5 nitrogen and oxygen atoms in total. The number of rotatable bonds is 13. The van der Waals surface area contributed by atoms with E-state index in [2.05, 4.69) is 6.92 Å². The Bertz CT molecular complexity index is 432. The van der Waals surface area contributed by atoms with Crippen LogP contribution >= 0.6 is 0 Å². The summed E-state index contributed by atoms with van der Waals surface area (Å²) >= 11 is 0. The summed E-state index contributed by atoms with van der Waals surface area (Å²) in [5, 5.41) is 29.0. The Balaban J connectivity index is 2.38. The molecule has 1 aliphatic rings. The van der Waals surface area contributed by atoms with E-state index in [1.807, 2.05) is 12.2 Å². The predicted octanol–water partition coefficient (Wildman–Crippen LogP) is 3.48. The van der Waals surface area contributed by atoms with Gasteiger partial charge in [0.1, 0.15) is 5.78 Å². The highest BCUT2D eigenvalue weighted by Crippen LogP contribution is 2.38. The molecule has 0 bridgehead atoms. The molecule has 3 N–H and O–H groups in total. The molecule has 1 aliphatic carbocycles. The third-order valence-electron chi connectivity index (χ3n) is 5.17. The molecule has 0 aromatic heterocycles. The standard InChI is InChI=1S/C20H34O5/c1-2-3-6-9-15(21)12-13-17-16(18(22)14-19(17)23)10-7-4-5-8-11-20(24)25/h4,7,16-19,22-23H,2-3,5-6,8-14H2,1H3,(H,24,25)/b7-4-/t16-,17-,18-,19+/m1/s1. The first-order valence-electron chi connectivity index (χ1n) is 9.70. The topological polar surface area (TPSA) is 94.8 Å². The summed E-state index contributed by atoms with van der Waals surface area (Å²) in [6, 6.07) is 0. The Morgan fingerprint density at radius 3 is 2.36 bits per heavy atom. The number of hydrogen-bond donors (Lipinski definition) is 3. The number of hydrogen-bond acceptors (Lipinski definition) is 4. The fraction of sp³-hybridized carbons (Fsp3) is 0.800. The monoisotopic (exact) mass is 354 g/mol. The number of ketones is 1. The van der Waals surface area contributed by atoms with Gasteiger partial charge >= 0.3 is 5.97 Å². The van der Waals surface area contributed by atoms with Gasteiger partial charge in [-0.05, 0) is 50.4 Å². The van der Waals surface area contributed by atoms with Gasteiger partial charge < -0.3 is 15.3 Å². The molecule has 1 saturated carbocycles. The van der Waals surface area contributed by atoms with Crippen molar-refractivity contribution in [1.82, 2.24) is 0 Å².